The number of carbonyl (C=O) groups excluding carboxylic acids is 1. The molecule has 5 rings (SSSR count). The average Bonchev–Trinajstić information content (AvgIpc) is 3.37. The van der Waals surface area contributed by atoms with E-state index in [-0.39, 0.29) is 12.8 Å². The molecular weight excluding hydrogens is 402 g/mol. The molecule has 8 heteroatoms. The number of hydrogen-bond donors (Lipinski definition) is 0. The molecular formula is C23H25NO7. The van der Waals surface area contributed by atoms with E-state index >= 15 is 0 Å². The van der Waals surface area contributed by atoms with E-state index in [9.17, 15) is 4.79 Å². The Balaban J connectivity index is 1.68. The molecule has 3 aliphatic rings. The molecule has 0 bridgehead atoms. The summed E-state index contributed by atoms with van der Waals surface area (Å²) >= 11 is 0. The molecule has 164 valence electrons. The van der Waals surface area contributed by atoms with E-state index in [4.69, 9.17) is 28.4 Å². The third-order valence-electron chi connectivity index (χ3n) is 6.15. The van der Waals surface area contributed by atoms with Gasteiger partial charge in [0.2, 0.25) is 12.5 Å². The summed E-state index contributed by atoms with van der Waals surface area (Å²) in [5.41, 5.74) is 3.26. The molecule has 0 saturated carbocycles. The third-order valence-corrected chi connectivity index (χ3v) is 6.15. The molecule has 2 unspecified atom stereocenters. The highest BCUT2D eigenvalue weighted by atomic mass is 16.7. The van der Waals surface area contributed by atoms with E-state index < -0.39 is 12.1 Å². The Morgan fingerprint density at radius 1 is 1.16 bits per heavy atom. The number of fused-ring (bicyclic) bond motifs is 3. The van der Waals surface area contributed by atoms with Crippen molar-refractivity contribution in [2.45, 2.75) is 25.5 Å². The van der Waals surface area contributed by atoms with E-state index in [0.717, 1.165) is 29.7 Å². The average molecular weight is 427 g/mol. The minimum Gasteiger partial charge on any atom is -0.493 e. The molecule has 0 aliphatic carbocycles. The lowest BCUT2D eigenvalue weighted by Gasteiger charge is -2.38. The first-order chi connectivity index (χ1) is 15.1. The number of likely N-dealkylation sites (N-methyl/N-ethyl adjacent to an activating group) is 1. The molecule has 8 nitrogen and oxygen atoms in total. The zero-order valence-corrected chi connectivity index (χ0v) is 18.0. The molecule has 0 saturated heterocycles. The van der Waals surface area contributed by atoms with Gasteiger partial charge in [-0.3, -0.25) is 4.90 Å². The van der Waals surface area contributed by atoms with Gasteiger partial charge < -0.3 is 28.4 Å². The predicted octanol–water partition coefficient (Wildman–Crippen LogP) is 3.27. The van der Waals surface area contributed by atoms with Gasteiger partial charge in [-0.15, -0.1) is 0 Å². The van der Waals surface area contributed by atoms with Crippen LogP contribution in [0.4, 0.5) is 0 Å². The second-order valence-corrected chi connectivity index (χ2v) is 7.71. The van der Waals surface area contributed by atoms with Crippen molar-refractivity contribution in [1.82, 2.24) is 4.90 Å². The highest BCUT2D eigenvalue weighted by molar-refractivity contribution is 5.98. The van der Waals surface area contributed by atoms with Crippen molar-refractivity contribution < 1.29 is 33.2 Å². The minimum absolute atomic E-state index is 0.164. The molecule has 2 aromatic carbocycles. The predicted molar refractivity (Wildman–Crippen MR) is 111 cm³/mol. The van der Waals surface area contributed by atoms with Crippen molar-refractivity contribution in [3.8, 4) is 28.7 Å². The van der Waals surface area contributed by atoms with Crippen molar-refractivity contribution in [2.75, 3.05) is 41.2 Å². The van der Waals surface area contributed by atoms with E-state index in [1.807, 2.05) is 26.1 Å². The van der Waals surface area contributed by atoms with Crippen LogP contribution in [0.2, 0.25) is 0 Å². The highest BCUT2D eigenvalue weighted by Crippen LogP contribution is 2.55. The molecule has 0 radical (unpaired) electrons. The van der Waals surface area contributed by atoms with E-state index in [2.05, 4.69) is 4.90 Å². The van der Waals surface area contributed by atoms with Crippen LogP contribution < -0.4 is 23.7 Å². The minimum atomic E-state index is -0.522. The number of carbonyl (C=O) groups is 1. The number of ether oxygens (including phenoxy) is 6. The van der Waals surface area contributed by atoms with Gasteiger partial charge in [-0.2, -0.15) is 0 Å². The molecule has 0 spiro atoms. The number of benzene rings is 2. The molecule has 3 heterocycles. The van der Waals surface area contributed by atoms with Gasteiger partial charge in [0.1, 0.15) is 11.7 Å². The first-order valence-corrected chi connectivity index (χ1v) is 10.3. The van der Waals surface area contributed by atoms with Gasteiger partial charge in [-0.25, -0.2) is 4.79 Å². The summed E-state index contributed by atoms with van der Waals surface area (Å²) in [5, 5.41) is 0. The standard InChI is InChI=1S/C23H25NO7/c1-5-28-22-16-12(10-15-21(22)30-11-29-15)8-9-24(2)18(16)19-13-6-7-14(26-3)20(27-4)17(13)23(25)31-19/h6-7,10,18-19H,5,8-9,11H2,1-4H3. The van der Waals surface area contributed by atoms with E-state index in [0.29, 0.717) is 40.9 Å². The van der Waals surface area contributed by atoms with E-state index in [1.165, 1.54) is 7.11 Å². The Morgan fingerprint density at radius 3 is 2.74 bits per heavy atom. The Morgan fingerprint density at radius 2 is 2.00 bits per heavy atom. The van der Waals surface area contributed by atoms with Gasteiger partial charge in [0, 0.05) is 17.7 Å². The van der Waals surface area contributed by atoms with Gasteiger partial charge in [-0.05, 0) is 38.1 Å². The quantitative estimate of drug-likeness (QED) is 0.673. The molecule has 31 heavy (non-hydrogen) atoms. The first-order valence-electron chi connectivity index (χ1n) is 10.3. The summed E-state index contributed by atoms with van der Waals surface area (Å²) in [5.74, 6) is 2.43. The molecule has 2 atom stereocenters. The maximum Gasteiger partial charge on any atom is 0.343 e. The largest absolute Gasteiger partial charge is 0.493 e. The lowest BCUT2D eigenvalue weighted by molar-refractivity contribution is 0.00861. The molecule has 3 aliphatic heterocycles. The summed E-state index contributed by atoms with van der Waals surface area (Å²) in [6, 6.07) is 5.45. The van der Waals surface area contributed by atoms with Crippen LogP contribution in [-0.4, -0.2) is 52.1 Å². The van der Waals surface area contributed by atoms with Crippen molar-refractivity contribution in [1.29, 1.82) is 0 Å². The van der Waals surface area contributed by atoms with Crippen LogP contribution in [0.5, 0.6) is 28.7 Å². The summed E-state index contributed by atoms with van der Waals surface area (Å²) in [6.45, 7) is 3.39. The van der Waals surface area contributed by atoms with E-state index in [1.54, 1.807) is 13.2 Å². The van der Waals surface area contributed by atoms with Gasteiger partial charge >= 0.3 is 5.97 Å². The van der Waals surface area contributed by atoms with Gasteiger partial charge in [0.15, 0.2) is 23.0 Å². The van der Waals surface area contributed by atoms with Crippen LogP contribution in [0.25, 0.3) is 0 Å². The number of rotatable bonds is 5. The molecule has 2 aromatic rings. The fraction of sp³-hybridized carbons (Fsp3) is 0.435. The van der Waals surface area contributed by atoms with Crippen molar-refractivity contribution in [3.63, 3.8) is 0 Å². The molecule has 0 aromatic heterocycles. The number of esters is 1. The highest BCUT2D eigenvalue weighted by Gasteiger charge is 2.46. The van der Waals surface area contributed by atoms with Crippen LogP contribution in [0.15, 0.2) is 18.2 Å². The molecule has 0 amide bonds. The molecule has 0 N–H and O–H groups in total. The Bertz CT molecular complexity index is 1050. The summed E-state index contributed by atoms with van der Waals surface area (Å²) in [4.78, 5) is 15.1. The van der Waals surface area contributed by atoms with Crippen LogP contribution in [-0.2, 0) is 11.2 Å². The lowest BCUT2D eigenvalue weighted by Crippen LogP contribution is -2.36. The SMILES string of the molecule is CCOc1c2c(cc3c1C(C1OC(=O)c4c1ccc(OC)c4OC)N(C)CC3)OCO2. The molecule has 0 fully saturated rings. The maximum absolute atomic E-state index is 12.9. The Kier molecular flexibility index (Phi) is 4.81. The summed E-state index contributed by atoms with van der Waals surface area (Å²) in [7, 11) is 5.10. The van der Waals surface area contributed by atoms with Gasteiger partial charge in [-0.1, -0.05) is 6.07 Å². The van der Waals surface area contributed by atoms with Crippen LogP contribution in [0, 0.1) is 0 Å². The number of hydrogen-bond acceptors (Lipinski definition) is 8. The van der Waals surface area contributed by atoms with Crippen molar-refractivity contribution >= 4 is 5.97 Å². The maximum atomic E-state index is 12.9. The van der Waals surface area contributed by atoms with Crippen LogP contribution in [0.3, 0.4) is 0 Å². The Labute approximate surface area is 180 Å². The van der Waals surface area contributed by atoms with Crippen molar-refractivity contribution in [3.05, 3.63) is 40.5 Å². The lowest BCUT2D eigenvalue weighted by atomic mass is 9.85. The van der Waals surface area contributed by atoms with Gasteiger partial charge in [0.05, 0.1) is 26.9 Å². The second kappa shape index (κ2) is 7.53. The third kappa shape index (κ3) is 2.89. The van der Waals surface area contributed by atoms with Crippen LogP contribution >= 0.6 is 0 Å². The van der Waals surface area contributed by atoms with Gasteiger partial charge in [0.25, 0.3) is 0 Å². The zero-order valence-electron chi connectivity index (χ0n) is 18.0. The van der Waals surface area contributed by atoms with Crippen LogP contribution in [0.1, 0.15) is 46.1 Å². The zero-order chi connectivity index (χ0) is 21.7. The monoisotopic (exact) mass is 427 g/mol. The topological polar surface area (TPSA) is 75.7 Å². The number of methoxy groups -OCH3 is 2. The summed E-state index contributed by atoms with van der Waals surface area (Å²) < 4.78 is 34.3. The summed E-state index contributed by atoms with van der Waals surface area (Å²) in [6.07, 6.45) is 0.310. The number of nitrogens with zero attached hydrogens (tertiary/aromatic N) is 1. The Hall–Kier alpha value is -3.13. The second-order valence-electron chi connectivity index (χ2n) is 7.71. The fourth-order valence-corrected chi connectivity index (χ4v) is 4.80. The fourth-order valence-electron chi connectivity index (χ4n) is 4.80. The smallest absolute Gasteiger partial charge is 0.343 e. The van der Waals surface area contributed by atoms with Crippen molar-refractivity contribution in [2.24, 2.45) is 0 Å². The first kappa shape index (κ1) is 19.8. The normalized spacial score (nSPS) is 21.4. The number of cyclic esters (lactones) is 1.